The van der Waals surface area contributed by atoms with Crippen LogP contribution in [0.2, 0.25) is 0 Å². The van der Waals surface area contributed by atoms with Crippen LogP contribution in [0.3, 0.4) is 0 Å². The molecule has 1 amide bonds. The molecule has 0 radical (unpaired) electrons. The Hall–Kier alpha value is -2.17. The number of rotatable bonds is 7. The van der Waals surface area contributed by atoms with Crippen molar-refractivity contribution in [2.75, 3.05) is 45.6 Å². The molecule has 4 rings (SSSR count). The van der Waals surface area contributed by atoms with Gasteiger partial charge in [-0.2, -0.15) is 19.5 Å². The molecule has 0 aromatic heterocycles. The average Bonchev–Trinajstić information content (AvgIpc) is 2.81. The quantitative estimate of drug-likeness (QED) is 0.597. The number of carbonyl (C=O) groups is 1. The lowest BCUT2D eigenvalue weighted by Gasteiger charge is -2.44. The Balaban J connectivity index is 1.67. The number of hydrazone groups is 1. The fourth-order valence-corrected chi connectivity index (χ4v) is 5.84. The van der Waals surface area contributed by atoms with E-state index in [1.54, 1.807) is 0 Å². The van der Waals surface area contributed by atoms with Crippen molar-refractivity contribution in [1.82, 2.24) is 14.4 Å². The first-order valence-corrected chi connectivity index (χ1v) is 13.7. The van der Waals surface area contributed by atoms with Crippen LogP contribution in [0, 0.1) is 11.8 Å². The third kappa shape index (κ3) is 5.02. The minimum atomic E-state index is -3.24. The lowest BCUT2D eigenvalue weighted by molar-refractivity contribution is -0.160. The van der Waals surface area contributed by atoms with E-state index < -0.39 is 10.0 Å². The van der Waals surface area contributed by atoms with Gasteiger partial charge in [0.25, 0.3) is 5.91 Å². The van der Waals surface area contributed by atoms with Gasteiger partial charge < -0.3 is 9.47 Å². The number of sulfonamides is 1. The minimum Gasteiger partial charge on any atom is -0.490 e. The molecule has 2 aliphatic heterocycles. The number of hydrazine groups is 1. The van der Waals surface area contributed by atoms with E-state index in [0.29, 0.717) is 50.9 Å². The number of piperazine rings is 1. The van der Waals surface area contributed by atoms with Crippen LogP contribution in [0.25, 0.3) is 0 Å². The highest BCUT2D eigenvalue weighted by molar-refractivity contribution is 7.88. The van der Waals surface area contributed by atoms with E-state index in [0.717, 1.165) is 37.0 Å². The molecule has 2 fully saturated rings. The second kappa shape index (κ2) is 9.99. The zero-order chi connectivity index (χ0) is 23.6. The first kappa shape index (κ1) is 24.0. The number of nitrogens with zero attached hydrogens (tertiary/aromatic N) is 4. The van der Waals surface area contributed by atoms with Crippen LogP contribution in [0.4, 0.5) is 0 Å². The van der Waals surface area contributed by atoms with Crippen molar-refractivity contribution >= 4 is 21.6 Å². The van der Waals surface area contributed by atoms with Crippen molar-refractivity contribution < 1.29 is 22.7 Å². The molecule has 2 atom stereocenters. The van der Waals surface area contributed by atoms with Crippen LogP contribution >= 0.6 is 0 Å². The Morgan fingerprint density at radius 3 is 2.24 bits per heavy atom. The normalized spacial score (nSPS) is 24.9. The molecule has 182 valence electrons. The summed E-state index contributed by atoms with van der Waals surface area (Å²) in [5.74, 6) is 1.36. The number of hydrogen-bond acceptors (Lipinski definition) is 7. The molecular formula is C23H34N4O5S. The van der Waals surface area contributed by atoms with Gasteiger partial charge in [-0.05, 0) is 44.9 Å². The van der Waals surface area contributed by atoms with Gasteiger partial charge in [0.1, 0.15) is 0 Å². The maximum absolute atomic E-state index is 13.4. The topological polar surface area (TPSA) is 91.8 Å². The summed E-state index contributed by atoms with van der Waals surface area (Å²) in [6.45, 7) is 6.51. The molecule has 10 heteroatoms. The number of fused-ring (bicyclic) bond motifs is 1. The summed E-state index contributed by atoms with van der Waals surface area (Å²) < 4.78 is 36.8. The monoisotopic (exact) mass is 478 g/mol. The van der Waals surface area contributed by atoms with Crippen LogP contribution in [0.5, 0.6) is 11.5 Å². The fourth-order valence-electron chi connectivity index (χ4n) is 5.01. The second-order valence-electron chi connectivity index (χ2n) is 8.75. The molecule has 0 bridgehead atoms. The summed E-state index contributed by atoms with van der Waals surface area (Å²) >= 11 is 0. The van der Waals surface area contributed by atoms with Crippen molar-refractivity contribution in [2.24, 2.45) is 16.9 Å². The van der Waals surface area contributed by atoms with E-state index in [1.807, 2.05) is 37.1 Å². The molecule has 1 aromatic rings. The predicted molar refractivity (Wildman–Crippen MR) is 126 cm³/mol. The van der Waals surface area contributed by atoms with Crippen molar-refractivity contribution in [3.8, 4) is 11.5 Å². The first-order chi connectivity index (χ1) is 15.8. The van der Waals surface area contributed by atoms with Gasteiger partial charge in [0.05, 0.1) is 25.2 Å². The van der Waals surface area contributed by atoms with Crippen LogP contribution in [0.1, 0.15) is 45.1 Å². The van der Waals surface area contributed by atoms with Crippen molar-refractivity contribution in [3.05, 3.63) is 23.8 Å². The third-order valence-corrected chi connectivity index (χ3v) is 7.93. The molecule has 1 aromatic carbocycles. The summed E-state index contributed by atoms with van der Waals surface area (Å²) in [4.78, 5) is 13.4. The highest BCUT2D eigenvalue weighted by Gasteiger charge is 2.43. The Morgan fingerprint density at radius 2 is 1.61 bits per heavy atom. The van der Waals surface area contributed by atoms with Crippen LogP contribution in [0.15, 0.2) is 23.3 Å². The first-order valence-electron chi connectivity index (χ1n) is 11.9. The molecule has 33 heavy (non-hydrogen) atoms. The minimum absolute atomic E-state index is 0.0206. The van der Waals surface area contributed by atoms with Gasteiger partial charge in [0, 0.05) is 43.6 Å². The van der Waals surface area contributed by atoms with Gasteiger partial charge in [-0.15, -0.1) is 0 Å². The van der Waals surface area contributed by atoms with Crippen LogP contribution in [-0.4, -0.2) is 80.1 Å². The Morgan fingerprint density at radius 1 is 0.970 bits per heavy atom. The Labute approximate surface area is 196 Å². The largest absolute Gasteiger partial charge is 0.490 e. The highest BCUT2D eigenvalue weighted by Crippen LogP contribution is 2.39. The Kier molecular flexibility index (Phi) is 7.25. The maximum atomic E-state index is 13.4. The summed E-state index contributed by atoms with van der Waals surface area (Å²) in [5.41, 5.74) is 1.83. The predicted octanol–water partition coefficient (Wildman–Crippen LogP) is 2.33. The average molecular weight is 479 g/mol. The smallest absolute Gasteiger partial charge is 0.261 e. The van der Waals surface area contributed by atoms with E-state index in [4.69, 9.17) is 14.6 Å². The lowest BCUT2D eigenvalue weighted by Crippen LogP contribution is -2.58. The molecule has 9 nitrogen and oxygen atoms in total. The van der Waals surface area contributed by atoms with E-state index in [9.17, 15) is 13.2 Å². The zero-order valence-electron chi connectivity index (χ0n) is 19.7. The number of amides is 1. The van der Waals surface area contributed by atoms with Gasteiger partial charge in [-0.25, -0.2) is 8.42 Å². The SMILES string of the molecule is CCOc1ccc(C2=NN(N3CCN(S(C)(=O)=O)CC3)C(=O)C3CCCCC23)cc1OCC. The summed E-state index contributed by atoms with van der Waals surface area (Å²) in [6, 6.07) is 5.87. The summed E-state index contributed by atoms with van der Waals surface area (Å²) in [6.07, 6.45) is 5.11. The number of ether oxygens (including phenoxy) is 2. The van der Waals surface area contributed by atoms with Crippen LogP contribution in [-0.2, 0) is 14.8 Å². The van der Waals surface area contributed by atoms with E-state index in [1.165, 1.54) is 15.7 Å². The highest BCUT2D eigenvalue weighted by atomic mass is 32.2. The molecule has 1 aliphatic carbocycles. The fraction of sp³-hybridized carbons (Fsp3) is 0.652. The molecule has 2 heterocycles. The van der Waals surface area contributed by atoms with E-state index in [-0.39, 0.29) is 17.7 Å². The number of hydrogen-bond donors (Lipinski definition) is 0. The maximum Gasteiger partial charge on any atom is 0.261 e. The van der Waals surface area contributed by atoms with Crippen molar-refractivity contribution in [2.45, 2.75) is 39.5 Å². The molecule has 1 saturated carbocycles. The molecule has 1 saturated heterocycles. The number of carbonyl (C=O) groups excluding carboxylic acids is 1. The molecule has 0 N–H and O–H groups in total. The molecule has 2 unspecified atom stereocenters. The summed E-state index contributed by atoms with van der Waals surface area (Å²) in [5, 5.41) is 8.26. The lowest BCUT2D eigenvalue weighted by atomic mass is 9.73. The molecule has 3 aliphatic rings. The van der Waals surface area contributed by atoms with E-state index in [2.05, 4.69) is 0 Å². The second-order valence-corrected chi connectivity index (χ2v) is 10.7. The van der Waals surface area contributed by atoms with Crippen molar-refractivity contribution in [3.63, 3.8) is 0 Å². The van der Waals surface area contributed by atoms with Gasteiger partial charge in [-0.3, -0.25) is 4.79 Å². The molecular weight excluding hydrogens is 444 g/mol. The van der Waals surface area contributed by atoms with Gasteiger partial charge in [0.2, 0.25) is 10.0 Å². The van der Waals surface area contributed by atoms with Gasteiger partial charge >= 0.3 is 0 Å². The number of benzene rings is 1. The summed E-state index contributed by atoms with van der Waals surface area (Å²) in [7, 11) is -3.24. The zero-order valence-corrected chi connectivity index (χ0v) is 20.5. The third-order valence-electron chi connectivity index (χ3n) is 6.63. The van der Waals surface area contributed by atoms with Crippen LogP contribution < -0.4 is 9.47 Å². The van der Waals surface area contributed by atoms with E-state index >= 15 is 0 Å². The Bertz CT molecular complexity index is 1000. The standard InChI is InChI=1S/C23H34N4O5S/c1-4-31-20-11-10-17(16-21(20)32-5-2)22-18-8-6-7-9-19(18)23(28)27(24-22)25-12-14-26(15-13-25)33(3,29)30/h10-11,16,18-19H,4-9,12-15H2,1-3H3. The molecule has 0 spiro atoms. The van der Waals surface area contributed by atoms with Gasteiger partial charge in [0.15, 0.2) is 11.5 Å². The van der Waals surface area contributed by atoms with Gasteiger partial charge in [-0.1, -0.05) is 12.8 Å². The van der Waals surface area contributed by atoms with Crippen molar-refractivity contribution in [1.29, 1.82) is 0 Å².